The molecule has 5 nitrogen and oxygen atoms in total. The van der Waals surface area contributed by atoms with E-state index >= 15 is 0 Å². The number of aryl methyl sites for hydroxylation is 2. The van der Waals surface area contributed by atoms with Gasteiger partial charge in [-0.25, -0.2) is 0 Å². The first-order valence-corrected chi connectivity index (χ1v) is 10.3. The van der Waals surface area contributed by atoms with Crippen LogP contribution in [0.5, 0.6) is 0 Å². The lowest BCUT2D eigenvalue weighted by atomic mass is 10.1. The van der Waals surface area contributed by atoms with Crippen molar-refractivity contribution in [3.05, 3.63) is 75.6 Å². The monoisotopic (exact) mass is 409 g/mol. The zero-order valence-corrected chi connectivity index (χ0v) is 18.3. The maximum absolute atomic E-state index is 12.7. The summed E-state index contributed by atoms with van der Waals surface area (Å²) in [6.45, 7) is 6.24. The number of fused-ring (bicyclic) bond motifs is 1. The predicted octanol–water partition coefficient (Wildman–Crippen LogP) is 2.49. The number of rotatable bonds is 6. The van der Waals surface area contributed by atoms with E-state index in [0.717, 1.165) is 29.7 Å². The van der Waals surface area contributed by atoms with Crippen molar-refractivity contribution < 1.29 is 4.90 Å². The summed E-state index contributed by atoms with van der Waals surface area (Å²) >= 11 is 5.71. The summed E-state index contributed by atoms with van der Waals surface area (Å²) in [4.78, 5) is 19.1. The van der Waals surface area contributed by atoms with Gasteiger partial charge < -0.3 is 20.1 Å². The average Bonchev–Trinajstić information content (AvgIpc) is 2.65. The van der Waals surface area contributed by atoms with Crippen molar-refractivity contribution in [2.24, 2.45) is 0 Å². The molecule has 3 aromatic rings. The minimum Gasteiger partial charge on any atom is -0.339 e. The number of thiocarbonyl (C=S) groups is 1. The quantitative estimate of drug-likeness (QED) is 0.548. The van der Waals surface area contributed by atoms with Gasteiger partial charge in [-0.15, -0.1) is 0 Å². The molecule has 0 amide bonds. The third kappa shape index (κ3) is 5.65. The number of likely N-dealkylation sites (N-methyl/N-ethyl adjacent to an activating group) is 1. The van der Waals surface area contributed by atoms with Crippen LogP contribution in [0.3, 0.4) is 0 Å². The van der Waals surface area contributed by atoms with E-state index in [9.17, 15) is 4.79 Å². The van der Waals surface area contributed by atoms with E-state index in [1.807, 2.05) is 30.3 Å². The maximum atomic E-state index is 12.7. The normalized spacial score (nSPS) is 11.1. The Hall–Kier alpha value is -2.70. The van der Waals surface area contributed by atoms with E-state index in [1.165, 1.54) is 16.0 Å². The predicted molar refractivity (Wildman–Crippen MR) is 125 cm³/mol. The molecular formula is C23H29N4OS+. The Morgan fingerprint density at radius 3 is 2.59 bits per heavy atom. The SMILES string of the molecule is Cc1cccc(NC(=S)N(CC[NH+](C)C)Cc2cc3cc(C)ccc3[nH]c2=O)c1. The molecule has 1 aromatic heterocycles. The van der Waals surface area contributed by atoms with Crippen LogP contribution >= 0.6 is 12.2 Å². The van der Waals surface area contributed by atoms with Crippen molar-refractivity contribution in [3.63, 3.8) is 0 Å². The number of nitrogens with zero attached hydrogens (tertiary/aromatic N) is 1. The van der Waals surface area contributed by atoms with E-state index in [-0.39, 0.29) is 5.56 Å². The van der Waals surface area contributed by atoms with Gasteiger partial charge in [0.05, 0.1) is 33.7 Å². The van der Waals surface area contributed by atoms with Gasteiger partial charge in [0.15, 0.2) is 5.11 Å². The van der Waals surface area contributed by atoms with Crippen LogP contribution in [0.25, 0.3) is 10.9 Å². The van der Waals surface area contributed by atoms with Gasteiger partial charge in [0.25, 0.3) is 5.56 Å². The summed E-state index contributed by atoms with van der Waals surface area (Å²) < 4.78 is 0. The molecule has 1 heterocycles. The number of H-pyrrole nitrogens is 1. The molecule has 29 heavy (non-hydrogen) atoms. The summed E-state index contributed by atoms with van der Waals surface area (Å²) in [5, 5.41) is 4.99. The smallest absolute Gasteiger partial charge is 0.253 e. The Morgan fingerprint density at radius 1 is 1.10 bits per heavy atom. The number of pyridine rings is 1. The summed E-state index contributed by atoms with van der Waals surface area (Å²) in [5.41, 5.74) is 4.80. The number of hydrogen-bond acceptors (Lipinski definition) is 2. The fourth-order valence-electron chi connectivity index (χ4n) is 3.23. The van der Waals surface area contributed by atoms with Crippen LogP contribution in [0.1, 0.15) is 16.7 Å². The minimum atomic E-state index is -0.0677. The highest BCUT2D eigenvalue weighted by atomic mass is 32.1. The molecule has 0 aliphatic heterocycles. The molecule has 3 rings (SSSR count). The summed E-state index contributed by atoms with van der Waals surface area (Å²) in [5.74, 6) is 0. The van der Waals surface area contributed by atoms with Crippen molar-refractivity contribution in [2.45, 2.75) is 20.4 Å². The van der Waals surface area contributed by atoms with Crippen LogP contribution in [0, 0.1) is 13.8 Å². The molecule has 0 aliphatic rings. The topological polar surface area (TPSA) is 52.6 Å². The van der Waals surface area contributed by atoms with E-state index < -0.39 is 0 Å². The lowest BCUT2D eigenvalue weighted by Crippen LogP contribution is -3.06. The molecule has 0 radical (unpaired) electrons. The van der Waals surface area contributed by atoms with Gasteiger partial charge in [-0.2, -0.15) is 0 Å². The number of aromatic nitrogens is 1. The number of nitrogens with one attached hydrogen (secondary N) is 3. The molecule has 0 aliphatic carbocycles. The molecular weight excluding hydrogens is 380 g/mol. The van der Waals surface area contributed by atoms with E-state index in [1.54, 1.807) is 0 Å². The molecule has 0 unspecified atom stereocenters. The molecule has 0 spiro atoms. The van der Waals surface area contributed by atoms with Crippen LogP contribution in [0.2, 0.25) is 0 Å². The molecule has 0 bridgehead atoms. The minimum absolute atomic E-state index is 0.0677. The van der Waals surface area contributed by atoms with Crippen molar-refractivity contribution in [2.75, 3.05) is 32.5 Å². The second kappa shape index (κ2) is 9.20. The molecule has 0 fully saturated rings. The fraction of sp³-hybridized carbons (Fsp3) is 0.304. The van der Waals surface area contributed by atoms with Crippen LogP contribution < -0.4 is 15.8 Å². The van der Waals surface area contributed by atoms with E-state index in [2.05, 4.69) is 61.3 Å². The first kappa shape index (κ1) is 21.0. The fourth-order valence-corrected chi connectivity index (χ4v) is 3.50. The summed E-state index contributed by atoms with van der Waals surface area (Å²) in [6, 6.07) is 16.1. The van der Waals surface area contributed by atoms with Crippen molar-refractivity contribution in [1.82, 2.24) is 9.88 Å². The van der Waals surface area contributed by atoms with Gasteiger partial charge in [-0.3, -0.25) is 4.79 Å². The van der Waals surface area contributed by atoms with Crippen molar-refractivity contribution in [3.8, 4) is 0 Å². The number of benzene rings is 2. The Balaban J connectivity index is 1.86. The lowest BCUT2D eigenvalue weighted by Gasteiger charge is -2.26. The van der Waals surface area contributed by atoms with Crippen molar-refractivity contribution in [1.29, 1.82) is 0 Å². The van der Waals surface area contributed by atoms with E-state index in [4.69, 9.17) is 12.2 Å². The highest BCUT2D eigenvalue weighted by molar-refractivity contribution is 7.80. The number of aromatic amines is 1. The third-order valence-electron chi connectivity index (χ3n) is 4.88. The van der Waals surface area contributed by atoms with Gasteiger partial charge in [-0.1, -0.05) is 23.8 Å². The number of quaternary nitrogens is 1. The van der Waals surface area contributed by atoms with Crippen LogP contribution in [-0.2, 0) is 6.54 Å². The Kier molecular flexibility index (Phi) is 6.67. The Bertz CT molecular complexity index is 1070. The zero-order valence-electron chi connectivity index (χ0n) is 17.5. The third-order valence-corrected chi connectivity index (χ3v) is 5.24. The first-order chi connectivity index (χ1) is 13.8. The van der Waals surface area contributed by atoms with Crippen LogP contribution in [0.4, 0.5) is 5.69 Å². The molecule has 6 heteroatoms. The molecule has 0 saturated carbocycles. The van der Waals surface area contributed by atoms with Gasteiger partial charge in [0.2, 0.25) is 0 Å². The molecule has 3 N–H and O–H groups in total. The second-order valence-electron chi connectivity index (χ2n) is 7.89. The average molecular weight is 410 g/mol. The number of anilines is 1. The summed E-state index contributed by atoms with van der Waals surface area (Å²) in [7, 11) is 4.22. The van der Waals surface area contributed by atoms with Gasteiger partial charge >= 0.3 is 0 Å². The lowest BCUT2D eigenvalue weighted by molar-refractivity contribution is -0.857. The van der Waals surface area contributed by atoms with Crippen LogP contribution in [-0.4, -0.2) is 42.2 Å². The molecule has 0 saturated heterocycles. The maximum Gasteiger partial charge on any atom is 0.253 e. The molecule has 152 valence electrons. The summed E-state index contributed by atoms with van der Waals surface area (Å²) in [6.07, 6.45) is 0. The Labute approximate surface area is 177 Å². The highest BCUT2D eigenvalue weighted by Gasteiger charge is 2.15. The van der Waals surface area contributed by atoms with Crippen molar-refractivity contribution >= 4 is 33.9 Å². The van der Waals surface area contributed by atoms with Gasteiger partial charge in [0, 0.05) is 16.8 Å². The molecule has 0 atom stereocenters. The van der Waals surface area contributed by atoms with Gasteiger partial charge in [0.1, 0.15) is 0 Å². The first-order valence-electron chi connectivity index (χ1n) is 9.86. The largest absolute Gasteiger partial charge is 0.339 e. The zero-order chi connectivity index (χ0) is 21.0. The molecule has 2 aromatic carbocycles. The second-order valence-corrected chi connectivity index (χ2v) is 8.28. The highest BCUT2D eigenvalue weighted by Crippen LogP contribution is 2.15. The standard InChI is InChI=1S/C23H28N4OS/c1-16-6-5-7-20(13-16)24-23(29)27(11-10-26(3)4)15-19-14-18-12-17(2)8-9-21(18)25-22(19)28/h5-9,12-14H,10-11,15H2,1-4H3,(H,24,29)(H,25,28)/p+1. The van der Waals surface area contributed by atoms with Crippen LogP contribution in [0.15, 0.2) is 53.3 Å². The Morgan fingerprint density at radius 2 is 1.86 bits per heavy atom. The van der Waals surface area contributed by atoms with Gasteiger partial charge in [-0.05, 0) is 67.3 Å². The van der Waals surface area contributed by atoms with E-state index in [0.29, 0.717) is 17.2 Å². The number of hydrogen-bond donors (Lipinski definition) is 3.